The number of nitrogens with one attached hydrogen (secondary N) is 1. The standard InChI is InChI=1S/C15H20N4O/c1-15(2,3)14-17-13(19(4)18-14)12-9-16-10-7-5-6-8-11(10)20-12/h5-8,12,16H,9H2,1-4H3. The highest BCUT2D eigenvalue weighted by Crippen LogP contribution is 2.33. The molecule has 0 amide bonds. The predicted molar refractivity (Wildman–Crippen MR) is 78.0 cm³/mol. The van der Waals surface area contributed by atoms with Gasteiger partial charge < -0.3 is 10.1 Å². The molecule has 20 heavy (non-hydrogen) atoms. The van der Waals surface area contributed by atoms with Gasteiger partial charge in [-0.05, 0) is 12.1 Å². The maximum atomic E-state index is 6.04. The van der Waals surface area contributed by atoms with Crippen molar-refractivity contribution in [3.05, 3.63) is 35.9 Å². The van der Waals surface area contributed by atoms with Crippen LogP contribution in [0.15, 0.2) is 24.3 Å². The first-order chi connectivity index (χ1) is 9.45. The second kappa shape index (κ2) is 4.51. The molecular weight excluding hydrogens is 252 g/mol. The smallest absolute Gasteiger partial charge is 0.175 e. The summed E-state index contributed by atoms with van der Waals surface area (Å²) in [7, 11) is 1.92. The third-order valence-corrected chi connectivity index (χ3v) is 3.39. The SMILES string of the molecule is Cn1nc(C(C)(C)C)nc1C1CNc2ccccc2O1. The molecule has 0 fully saturated rings. The molecule has 5 nitrogen and oxygen atoms in total. The van der Waals surface area contributed by atoms with Crippen molar-refractivity contribution in [2.45, 2.75) is 32.3 Å². The van der Waals surface area contributed by atoms with Crippen LogP contribution >= 0.6 is 0 Å². The number of benzene rings is 1. The van der Waals surface area contributed by atoms with Crippen LogP contribution in [0.25, 0.3) is 0 Å². The second-order valence-electron chi connectivity index (χ2n) is 6.15. The van der Waals surface area contributed by atoms with Gasteiger partial charge in [0.2, 0.25) is 0 Å². The van der Waals surface area contributed by atoms with Gasteiger partial charge in [-0.2, -0.15) is 5.10 Å². The van der Waals surface area contributed by atoms with Crippen molar-refractivity contribution in [3.63, 3.8) is 0 Å². The fourth-order valence-corrected chi connectivity index (χ4v) is 2.25. The minimum Gasteiger partial charge on any atom is -0.478 e. The maximum absolute atomic E-state index is 6.04. The third kappa shape index (κ3) is 2.24. The Bertz CT molecular complexity index is 627. The first-order valence-electron chi connectivity index (χ1n) is 6.86. The molecule has 5 heteroatoms. The minimum atomic E-state index is -0.113. The number of para-hydroxylation sites is 2. The molecule has 1 aromatic carbocycles. The molecule has 2 heterocycles. The van der Waals surface area contributed by atoms with Crippen LogP contribution in [0.2, 0.25) is 0 Å². The van der Waals surface area contributed by atoms with Gasteiger partial charge in [0, 0.05) is 12.5 Å². The Morgan fingerprint density at radius 3 is 2.75 bits per heavy atom. The van der Waals surface area contributed by atoms with E-state index in [1.165, 1.54) is 0 Å². The number of anilines is 1. The lowest BCUT2D eigenvalue weighted by atomic mass is 9.96. The summed E-state index contributed by atoms with van der Waals surface area (Å²) in [6, 6.07) is 7.95. The van der Waals surface area contributed by atoms with E-state index in [1.807, 2.05) is 36.0 Å². The topological polar surface area (TPSA) is 52.0 Å². The molecule has 2 aromatic rings. The van der Waals surface area contributed by atoms with Crippen molar-refractivity contribution in [1.29, 1.82) is 0 Å². The van der Waals surface area contributed by atoms with Gasteiger partial charge in [-0.3, -0.25) is 0 Å². The lowest BCUT2D eigenvalue weighted by Crippen LogP contribution is -2.26. The van der Waals surface area contributed by atoms with Gasteiger partial charge in [0.25, 0.3) is 0 Å². The summed E-state index contributed by atoms with van der Waals surface area (Å²) >= 11 is 0. The van der Waals surface area contributed by atoms with E-state index in [0.29, 0.717) is 6.54 Å². The number of rotatable bonds is 1. The maximum Gasteiger partial charge on any atom is 0.175 e. The van der Waals surface area contributed by atoms with E-state index in [1.54, 1.807) is 0 Å². The first kappa shape index (κ1) is 13.0. The van der Waals surface area contributed by atoms with Gasteiger partial charge in [0.1, 0.15) is 5.75 Å². The summed E-state index contributed by atoms with van der Waals surface area (Å²) in [4.78, 5) is 4.66. The van der Waals surface area contributed by atoms with Gasteiger partial charge >= 0.3 is 0 Å². The Morgan fingerprint density at radius 2 is 2.05 bits per heavy atom. The van der Waals surface area contributed by atoms with Crippen molar-refractivity contribution in [2.75, 3.05) is 11.9 Å². The fourth-order valence-electron chi connectivity index (χ4n) is 2.25. The summed E-state index contributed by atoms with van der Waals surface area (Å²) < 4.78 is 7.86. The van der Waals surface area contributed by atoms with E-state index in [4.69, 9.17) is 4.74 Å². The van der Waals surface area contributed by atoms with Crippen molar-refractivity contribution < 1.29 is 4.74 Å². The van der Waals surface area contributed by atoms with Crippen molar-refractivity contribution in [1.82, 2.24) is 14.8 Å². The van der Waals surface area contributed by atoms with Crippen LogP contribution in [0.5, 0.6) is 5.75 Å². The van der Waals surface area contributed by atoms with Crippen LogP contribution in [-0.4, -0.2) is 21.3 Å². The number of aromatic nitrogens is 3. The summed E-state index contributed by atoms with van der Waals surface area (Å²) in [6.45, 7) is 7.04. The van der Waals surface area contributed by atoms with Gasteiger partial charge in [-0.15, -0.1) is 0 Å². The van der Waals surface area contributed by atoms with Crippen molar-refractivity contribution in [3.8, 4) is 5.75 Å². The van der Waals surface area contributed by atoms with Crippen molar-refractivity contribution in [2.24, 2.45) is 7.05 Å². The number of hydrogen-bond acceptors (Lipinski definition) is 4. The van der Waals surface area contributed by atoms with Crippen molar-refractivity contribution >= 4 is 5.69 Å². The summed E-state index contributed by atoms with van der Waals surface area (Å²) in [5.74, 6) is 2.57. The molecule has 1 N–H and O–H groups in total. The largest absolute Gasteiger partial charge is 0.478 e. The number of ether oxygens (including phenoxy) is 1. The number of fused-ring (bicyclic) bond motifs is 1. The molecule has 1 aliphatic rings. The zero-order chi connectivity index (χ0) is 14.3. The number of hydrogen-bond donors (Lipinski definition) is 1. The first-order valence-corrected chi connectivity index (χ1v) is 6.86. The molecule has 1 aromatic heterocycles. The summed E-state index contributed by atoms with van der Waals surface area (Å²) in [6.07, 6.45) is -0.113. The van der Waals surface area contributed by atoms with Crippen LogP contribution in [0.4, 0.5) is 5.69 Å². The third-order valence-electron chi connectivity index (χ3n) is 3.39. The second-order valence-corrected chi connectivity index (χ2v) is 6.15. The van der Waals surface area contributed by atoms with Gasteiger partial charge in [0.05, 0.1) is 12.2 Å². The van der Waals surface area contributed by atoms with Crippen LogP contribution in [0.3, 0.4) is 0 Å². The van der Waals surface area contributed by atoms with Gasteiger partial charge in [-0.25, -0.2) is 9.67 Å². The Hall–Kier alpha value is -2.04. The average molecular weight is 272 g/mol. The number of aryl methyl sites for hydroxylation is 1. The van der Waals surface area contributed by atoms with Gasteiger partial charge in [0.15, 0.2) is 17.8 Å². The lowest BCUT2D eigenvalue weighted by Gasteiger charge is -2.26. The van der Waals surface area contributed by atoms with E-state index in [-0.39, 0.29) is 11.5 Å². The average Bonchev–Trinajstić information content (AvgIpc) is 2.80. The van der Waals surface area contributed by atoms with Crippen LogP contribution < -0.4 is 10.1 Å². The molecule has 0 radical (unpaired) electrons. The Kier molecular flexibility index (Phi) is 2.92. The zero-order valence-electron chi connectivity index (χ0n) is 12.3. The molecular formula is C15H20N4O. The fraction of sp³-hybridized carbons (Fsp3) is 0.467. The molecule has 0 saturated heterocycles. The van der Waals surface area contributed by atoms with Gasteiger partial charge in [-0.1, -0.05) is 32.9 Å². The monoisotopic (exact) mass is 272 g/mol. The Labute approximate surface area is 119 Å². The molecule has 0 aliphatic carbocycles. The van der Waals surface area contributed by atoms with E-state index >= 15 is 0 Å². The molecule has 1 aliphatic heterocycles. The van der Waals surface area contributed by atoms with E-state index in [2.05, 4.69) is 36.2 Å². The molecule has 106 valence electrons. The summed E-state index contributed by atoms with van der Waals surface area (Å²) in [5, 5.41) is 7.89. The van der Waals surface area contributed by atoms with E-state index in [0.717, 1.165) is 23.1 Å². The number of nitrogens with zero attached hydrogens (tertiary/aromatic N) is 3. The molecule has 1 atom stereocenters. The normalized spacial score (nSPS) is 18.1. The Morgan fingerprint density at radius 1 is 1.30 bits per heavy atom. The van der Waals surface area contributed by atoms with Crippen LogP contribution in [0.1, 0.15) is 38.5 Å². The predicted octanol–water partition coefficient (Wildman–Crippen LogP) is 2.66. The molecule has 0 saturated carbocycles. The highest BCUT2D eigenvalue weighted by atomic mass is 16.5. The molecule has 1 unspecified atom stereocenters. The highest BCUT2D eigenvalue weighted by molar-refractivity contribution is 5.57. The van der Waals surface area contributed by atoms with E-state index in [9.17, 15) is 0 Å². The van der Waals surface area contributed by atoms with E-state index < -0.39 is 0 Å². The quantitative estimate of drug-likeness (QED) is 0.867. The molecule has 0 bridgehead atoms. The highest BCUT2D eigenvalue weighted by Gasteiger charge is 2.28. The summed E-state index contributed by atoms with van der Waals surface area (Å²) in [5.41, 5.74) is 0.970. The molecule has 0 spiro atoms. The minimum absolute atomic E-state index is 0.0595. The lowest BCUT2D eigenvalue weighted by molar-refractivity contribution is 0.195. The zero-order valence-corrected chi connectivity index (χ0v) is 12.3. The Balaban J connectivity index is 1.90. The van der Waals surface area contributed by atoms with Crippen LogP contribution in [0, 0.1) is 0 Å². The molecule has 3 rings (SSSR count). The van der Waals surface area contributed by atoms with Crippen LogP contribution in [-0.2, 0) is 12.5 Å².